The monoisotopic (exact) mass is 414 g/mol. The number of amides is 3. The molecular formula is C20H42N6O3. The third-order valence-electron chi connectivity index (χ3n) is 4.81. The lowest BCUT2D eigenvalue weighted by atomic mass is 10.1. The Morgan fingerprint density at radius 2 is 1.34 bits per heavy atom. The second-order valence-electron chi connectivity index (χ2n) is 7.51. The van der Waals surface area contributed by atoms with Crippen molar-refractivity contribution >= 4 is 17.7 Å². The second kappa shape index (κ2) is 18.3. The minimum atomic E-state index is -0.612. The van der Waals surface area contributed by atoms with E-state index in [9.17, 15) is 14.4 Å². The Morgan fingerprint density at radius 3 is 1.97 bits per heavy atom. The van der Waals surface area contributed by atoms with Gasteiger partial charge >= 0.3 is 0 Å². The molecule has 9 heteroatoms. The summed E-state index contributed by atoms with van der Waals surface area (Å²) >= 11 is 0. The molecule has 29 heavy (non-hydrogen) atoms. The van der Waals surface area contributed by atoms with Gasteiger partial charge in [0.05, 0.1) is 6.04 Å². The first-order valence-corrected chi connectivity index (χ1v) is 10.9. The van der Waals surface area contributed by atoms with Crippen LogP contribution in [0.4, 0.5) is 0 Å². The Morgan fingerprint density at radius 1 is 0.759 bits per heavy atom. The maximum absolute atomic E-state index is 11.9. The zero-order valence-corrected chi connectivity index (χ0v) is 17.8. The summed E-state index contributed by atoms with van der Waals surface area (Å²) in [7, 11) is 0. The van der Waals surface area contributed by atoms with Gasteiger partial charge in [-0.05, 0) is 58.0 Å². The molecule has 0 aromatic heterocycles. The molecule has 0 rings (SSSR count). The molecule has 0 fully saturated rings. The van der Waals surface area contributed by atoms with Gasteiger partial charge in [-0.3, -0.25) is 14.4 Å². The number of rotatable bonds is 19. The van der Waals surface area contributed by atoms with Gasteiger partial charge in [0.15, 0.2) is 0 Å². The summed E-state index contributed by atoms with van der Waals surface area (Å²) in [6.07, 6.45) is 9.44. The topological polar surface area (TPSA) is 179 Å². The molecule has 0 aliphatic heterocycles. The lowest BCUT2D eigenvalue weighted by molar-refractivity contribution is -0.127. The highest BCUT2D eigenvalue weighted by Crippen LogP contribution is 2.06. The van der Waals surface area contributed by atoms with E-state index in [1.807, 2.05) is 0 Å². The van der Waals surface area contributed by atoms with Crippen molar-refractivity contribution < 1.29 is 14.4 Å². The normalized spacial score (nSPS) is 12.9. The molecule has 10 N–H and O–H groups in total. The van der Waals surface area contributed by atoms with E-state index in [2.05, 4.69) is 10.6 Å². The third-order valence-corrected chi connectivity index (χ3v) is 4.81. The first kappa shape index (κ1) is 27.3. The quantitative estimate of drug-likeness (QED) is 0.162. The fourth-order valence-electron chi connectivity index (χ4n) is 2.97. The minimum absolute atomic E-state index is 0.103. The van der Waals surface area contributed by atoms with E-state index in [0.29, 0.717) is 38.9 Å². The van der Waals surface area contributed by atoms with Gasteiger partial charge in [0.1, 0.15) is 6.04 Å². The molecule has 0 heterocycles. The van der Waals surface area contributed by atoms with Crippen LogP contribution < -0.4 is 33.6 Å². The van der Waals surface area contributed by atoms with Crippen LogP contribution in [0.5, 0.6) is 0 Å². The highest BCUT2D eigenvalue weighted by Gasteiger charge is 2.17. The largest absolute Gasteiger partial charge is 0.368 e. The number of primary amides is 1. The molecule has 0 spiro atoms. The van der Waals surface area contributed by atoms with E-state index >= 15 is 0 Å². The van der Waals surface area contributed by atoms with Crippen molar-refractivity contribution in [1.82, 2.24) is 10.6 Å². The Kier molecular flexibility index (Phi) is 17.2. The fraction of sp³-hybridized carbons (Fsp3) is 0.850. The van der Waals surface area contributed by atoms with Crippen LogP contribution in [0, 0.1) is 0 Å². The van der Waals surface area contributed by atoms with Crippen LogP contribution in [0.15, 0.2) is 0 Å². The standard InChI is InChI=1S/C20H42N6O3/c21-13-7-5-10-16(23)20(29)25-15-9-3-1-2-4-12-18(27)26-17(19(24)28)11-6-8-14-22/h16-17H,1-15,21-23H2,(H2,24,28)(H,25,29)(H,26,27)/t16-,17-/m0/s1. The van der Waals surface area contributed by atoms with Gasteiger partial charge in [-0.2, -0.15) is 0 Å². The summed E-state index contributed by atoms with van der Waals surface area (Å²) in [4.78, 5) is 35.2. The van der Waals surface area contributed by atoms with Crippen LogP contribution in [-0.4, -0.2) is 49.4 Å². The number of nitrogens with one attached hydrogen (secondary N) is 2. The molecule has 0 bridgehead atoms. The first-order chi connectivity index (χ1) is 13.9. The summed E-state index contributed by atoms with van der Waals surface area (Å²) < 4.78 is 0. The third kappa shape index (κ3) is 15.8. The van der Waals surface area contributed by atoms with Crippen molar-refractivity contribution in [3.8, 4) is 0 Å². The molecule has 0 unspecified atom stereocenters. The predicted octanol–water partition coefficient (Wildman–Crippen LogP) is -0.00140. The van der Waals surface area contributed by atoms with Crippen molar-refractivity contribution in [3.63, 3.8) is 0 Å². The zero-order chi connectivity index (χ0) is 21.9. The number of nitrogens with two attached hydrogens (primary N) is 4. The molecule has 0 aliphatic carbocycles. The summed E-state index contributed by atoms with van der Waals surface area (Å²) in [5.41, 5.74) is 22.0. The van der Waals surface area contributed by atoms with Crippen LogP contribution in [0.3, 0.4) is 0 Å². The van der Waals surface area contributed by atoms with Crippen LogP contribution in [0.2, 0.25) is 0 Å². The number of carbonyl (C=O) groups excluding carboxylic acids is 3. The van der Waals surface area contributed by atoms with Crippen LogP contribution in [0.25, 0.3) is 0 Å². The molecule has 0 radical (unpaired) electrons. The van der Waals surface area contributed by atoms with Crippen molar-refractivity contribution in [1.29, 1.82) is 0 Å². The van der Waals surface area contributed by atoms with E-state index in [-0.39, 0.29) is 11.8 Å². The van der Waals surface area contributed by atoms with Gasteiger partial charge < -0.3 is 33.6 Å². The molecule has 0 saturated heterocycles. The van der Waals surface area contributed by atoms with Gasteiger partial charge in [0.25, 0.3) is 0 Å². The van der Waals surface area contributed by atoms with Gasteiger partial charge in [-0.15, -0.1) is 0 Å². The van der Waals surface area contributed by atoms with Gasteiger partial charge in [0.2, 0.25) is 17.7 Å². The van der Waals surface area contributed by atoms with E-state index in [1.165, 1.54) is 0 Å². The number of unbranched alkanes of at least 4 members (excludes halogenated alkanes) is 6. The van der Waals surface area contributed by atoms with E-state index in [4.69, 9.17) is 22.9 Å². The molecule has 0 saturated carbocycles. The SMILES string of the molecule is NCCCC[C@H](NC(=O)CCCCCCCNC(=O)[C@@H](N)CCCCN)C(N)=O. The summed E-state index contributed by atoms with van der Waals surface area (Å²) in [5.74, 6) is -0.747. The van der Waals surface area contributed by atoms with E-state index < -0.39 is 18.0 Å². The molecule has 3 amide bonds. The Bertz CT molecular complexity index is 461. The molecule has 2 atom stereocenters. The fourth-order valence-corrected chi connectivity index (χ4v) is 2.97. The van der Waals surface area contributed by atoms with Crippen LogP contribution in [-0.2, 0) is 14.4 Å². The zero-order valence-electron chi connectivity index (χ0n) is 17.8. The van der Waals surface area contributed by atoms with Gasteiger partial charge in [-0.25, -0.2) is 0 Å². The Labute approximate surface area is 175 Å². The smallest absolute Gasteiger partial charge is 0.239 e. The van der Waals surface area contributed by atoms with Crippen molar-refractivity contribution in [3.05, 3.63) is 0 Å². The first-order valence-electron chi connectivity index (χ1n) is 10.9. The van der Waals surface area contributed by atoms with Crippen molar-refractivity contribution in [2.45, 2.75) is 89.1 Å². The van der Waals surface area contributed by atoms with Gasteiger partial charge in [0, 0.05) is 13.0 Å². The minimum Gasteiger partial charge on any atom is -0.368 e. The van der Waals surface area contributed by atoms with Crippen LogP contribution >= 0.6 is 0 Å². The van der Waals surface area contributed by atoms with Crippen molar-refractivity contribution in [2.75, 3.05) is 19.6 Å². The average molecular weight is 415 g/mol. The van der Waals surface area contributed by atoms with Crippen LogP contribution in [0.1, 0.15) is 77.0 Å². The number of hydrogen-bond acceptors (Lipinski definition) is 6. The molecule has 170 valence electrons. The van der Waals surface area contributed by atoms with Gasteiger partial charge in [-0.1, -0.05) is 25.7 Å². The highest BCUT2D eigenvalue weighted by atomic mass is 16.2. The molecule has 0 aliphatic rings. The highest BCUT2D eigenvalue weighted by molar-refractivity contribution is 5.86. The maximum Gasteiger partial charge on any atom is 0.239 e. The molecule has 0 aromatic rings. The second-order valence-corrected chi connectivity index (χ2v) is 7.51. The predicted molar refractivity (Wildman–Crippen MR) is 116 cm³/mol. The average Bonchev–Trinajstić information content (AvgIpc) is 2.69. The Balaban J connectivity index is 3.69. The maximum atomic E-state index is 11.9. The molecule has 9 nitrogen and oxygen atoms in total. The Hall–Kier alpha value is -1.71. The van der Waals surface area contributed by atoms with Crippen molar-refractivity contribution in [2.24, 2.45) is 22.9 Å². The van der Waals surface area contributed by atoms with E-state index in [0.717, 1.165) is 57.8 Å². The number of hydrogen-bond donors (Lipinski definition) is 6. The lowest BCUT2D eigenvalue weighted by Crippen LogP contribution is -2.44. The summed E-state index contributed by atoms with van der Waals surface area (Å²) in [6.45, 7) is 1.80. The lowest BCUT2D eigenvalue weighted by Gasteiger charge is -2.15. The number of carbonyl (C=O) groups is 3. The summed E-state index contributed by atoms with van der Waals surface area (Å²) in [6, 6.07) is -1.07. The molecule has 0 aromatic carbocycles. The van der Waals surface area contributed by atoms with E-state index in [1.54, 1.807) is 0 Å². The molecular weight excluding hydrogens is 372 g/mol. The summed E-state index contributed by atoms with van der Waals surface area (Å²) in [5, 5.41) is 5.57.